The molecule has 0 saturated carbocycles. The topological polar surface area (TPSA) is 46.6 Å². The van der Waals surface area contributed by atoms with E-state index in [1.165, 1.54) is 0 Å². The van der Waals surface area contributed by atoms with Crippen LogP contribution in [-0.2, 0) is 13.8 Å². The van der Waals surface area contributed by atoms with E-state index in [9.17, 15) is 9.59 Å². The molecule has 5 heteroatoms. The van der Waals surface area contributed by atoms with Gasteiger partial charge in [-0.2, -0.15) is 0 Å². The Bertz CT molecular complexity index is 430. The van der Waals surface area contributed by atoms with Crippen LogP contribution in [0.2, 0.25) is 0 Å². The van der Waals surface area contributed by atoms with Gasteiger partial charge in [-0.1, -0.05) is 13.8 Å². The van der Waals surface area contributed by atoms with Crippen LogP contribution in [0, 0.1) is 11.3 Å². The Hall–Kier alpha value is -0.970. The molecule has 1 spiro atoms. The highest BCUT2D eigenvalue weighted by Gasteiger charge is 2.51. The van der Waals surface area contributed by atoms with Crippen molar-refractivity contribution in [1.82, 2.24) is 4.90 Å². The van der Waals surface area contributed by atoms with E-state index in [1.807, 2.05) is 13.8 Å². The van der Waals surface area contributed by atoms with E-state index in [1.54, 1.807) is 11.9 Å². The Morgan fingerprint density at radius 3 is 2.44 bits per heavy atom. The first-order chi connectivity index (χ1) is 8.41. The molecule has 1 aliphatic carbocycles. The van der Waals surface area contributed by atoms with Crippen molar-refractivity contribution in [1.29, 1.82) is 0 Å². The van der Waals surface area contributed by atoms with E-state index in [0.717, 1.165) is 6.42 Å². The second kappa shape index (κ2) is 4.61. The number of nitrogens with zero attached hydrogens (tertiary/aromatic N) is 1. The zero-order valence-corrected chi connectivity index (χ0v) is 11.9. The molecule has 2 aliphatic rings. The van der Waals surface area contributed by atoms with Gasteiger partial charge in [-0.25, -0.2) is 0 Å². The van der Waals surface area contributed by atoms with Crippen LogP contribution in [-0.4, -0.2) is 30.2 Å². The highest BCUT2D eigenvalue weighted by molar-refractivity contribution is 7.75. The lowest BCUT2D eigenvalue weighted by Crippen LogP contribution is -2.39. The van der Waals surface area contributed by atoms with Crippen molar-refractivity contribution in [2.75, 3.05) is 13.6 Å². The fraction of sp³-hybridized carbons (Fsp3) is 0.692. The first-order valence-electron chi connectivity index (χ1n) is 6.24. The molecule has 0 N–H and O–H groups in total. The predicted octanol–water partition coefficient (Wildman–Crippen LogP) is 1.97. The molecule has 0 aromatic carbocycles. The summed E-state index contributed by atoms with van der Waals surface area (Å²) < 4.78 is 5.09. The van der Waals surface area contributed by atoms with Gasteiger partial charge in [0, 0.05) is 44.9 Å². The maximum absolute atomic E-state index is 12.3. The average molecular weight is 269 g/mol. The molecule has 1 saturated heterocycles. The van der Waals surface area contributed by atoms with E-state index in [2.05, 4.69) is 12.9 Å². The normalized spacial score (nSPS) is 28.8. The van der Waals surface area contributed by atoms with E-state index in [4.69, 9.17) is 4.18 Å². The molecule has 0 aromatic rings. The van der Waals surface area contributed by atoms with E-state index in [0.29, 0.717) is 30.7 Å². The molecular formula is C13H19NO3S. The summed E-state index contributed by atoms with van der Waals surface area (Å²) in [6.07, 6.45) is 1.53. The van der Waals surface area contributed by atoms with Crippen LogP contribution in [0.3, 0.4) is 0 Å². The molecule has 0 aromatic heterocycles. The highest BCUT2D eigenvalue weighted by Crippen LogP contribution is 2.46. The van der Waals surface area contributed by atoms with Crippen molar-refractivity contribution in [3.63, 3.8) is 0 Å². The van der Waals surface area contributed by atoms with Crippen molar-refractivity contribution >= 4 is 24.6 Å². The number of amides is 1. The molecule has 100 valence electrons. The quantitative estimate of drug-likeness (QED) is 0.616. The Balaban J connectivity index is 2.39. The highest BCUT2D eigenvalue weighted by atomic mass is 32.1. The number of Topliss-reactive ketones (excluding diaryl/α,β-unsaturated/α-hetero) is 1. The van der Waals surface area contributed by atoms with Crippen LogP contribution in [0.25, 0.3) is 0 Å². The van der Waals surface area contributed by atoms with Gasteiger partial charge in [-0.3, -0.25) is 9.59 Å². The molecule has 2 rings (SSSR count). The molecule has 18 heavy (non-hydrogen) atoms. The van der Waals surface area contributed by atoms with E-state index in [-0.39, 0.29) is 17.6 Å². The van der Waals surface area contributed by atoms with Crippen molar-refractivity contribution in [3.05, 3.63) is 11.3 Å². The molecule has 1 unspecified atom stereocenters. The second-order valence-corrected chi connectivity index (χ2v) is 5.80. The molecule has 1 heterocycles. The Morgan fingerprint density at radius 1 is 1.33 bits per heavy atom. The molecule has 1 aliphatic heterocycles. The standard InChI is InChI=1S/C13H19NO3S/c1-8(2)11-9(15)6-13(7-10(11)17-18)4-5-14(3)12(13)16/h8,18H,4-7H2,1-3H3. The number of likely N-dealkylation sites (tertiary alicyclic amines) is 1. The summed E-state index contributed by atoms with van der Waals surface area (Å²) in [4.78, 5) is 26.2. The Labute approximate surface area is 113 Å². The van der Waals surface area contributed by atoms with Crippen LogP contribution >= 0.6 is 12.9 Å². The van der Waals surface area contributed by atoms with Crippen LogP contribution in [0.1, 0.15) is 33.1 Å². The third kappa shape index (κ3) is 1.94. The fourth-order valence-electron chi connectivity index (χ4n) is 3.07. The molecular weight excluding hydrogens is 250 g/mol. The van der Waals surface area contributed by atoms with Crippen LogP contribution in [0.4, 0.5) is 0 Å². The Morgan fingerprint density at radius 2 is 2.00 bits per heavy atom. The molecule has 0 bridgehead atoms. The number of hydrogen-bond acceptors (Lipinski definition) is 4. The zero-order valence-electron chi connectivity index (χ0n) is 11.0. The molecule has 0 radical (unpaired) electrons. The van der Waals surface area contributed by atoms with Gasteiger partial charge >= 0.3 is 0 Å². The summed E-state index contributed by atoms with van der Waals surface area (Å²) in [6.45, 7) is 4.63. The van der Waals surface area contributed by atoms with Gasteiger partial charge < -0.3 is 9.08 Å². The van der Waals surface area contributed by atoms with Gasteiger partial charge in [0.15, 0.2) is 5.78 Å². The molecule has 4 nitrogen and oxygen atoms in total. The van der Waals surface area contributed by atoms with Gasteiger partial charge in [0.25, 0.3) is 0 Å². The fourth-order valence-corrected chi connectivity index (χ4v) is 3.23. The van der Waals surface area contributed by atoms with Crippen LogP contribution in [0.15, 0.2) is 11.3 Å². The van der Waals surface area contributed by atoms with Crippen molar-refractivity contribution in [2.24, 2.45) is 11.3 Å². The minimum atomic E-state index is -0.581. The Kier molecular flexibility index (Phi) is 3.45. The average Bonchev–Trinajstić information content (AvgIpc) is 2.56. The monoisotopic (exact) mass is 269 g/mol. The molecule has 1 fully saturated rings. The summed E-state index contributed by atoms with van der Waals surface area (Å²) in [5.41, 5.74) is 0.112. The maximum Gasteiger partial charge on any atom is 0.229 e. The minimum Gasteiger partial charge on any atom is -0.433 e. The van der Waals surface area contributed by atoms with Gasteiger partial charge in [0.05, 0.1) is 5.41 Å². The number of carbonyl (C=O) groups is 2. The number of rotatable bonds is 2. The number of thiol groups is 1. The van der Waals surface area contributed by atoms with Gasteiger partial charge in [-0.15, -0.1) is 0 Å². The van der Waals surface area contributed by atoms with Crippen LogP contribution in [0.5, 0.6) is 0 Å². The van der Waals surface area contributed by atoms with E-state index < -0.39 is 5.41 Å². The van der Waals surface area contributed by atoms with Crippen molar-refractivity contribution in [2.45, 2.75) is 33.1 Å². The third-order valence-corrected chi connectivity index (χ3v) is 4.23. The molecule has 1 atom stereocenters. The zero-order chi connectivity index (χ0) is 13.5. The second-order valence-electron chi connectivity index (χ2n) is 5.62. The summed E-state index contributed by atoms with van der Waals surface area (Å²) in [5, 5.41) is 0. The third-order valence-electron chi connectivity index (χ3n) is 4.01. The molecule has 1 amide bonds. The SMILES string of the molecule is CC(C)C1=C(OS)CC2(CCN(C)C2=O)CC1=O. The number of hydrogen-bond donors (Lipinski definition) is 1. The minimum absolute atomic E-state index is 0.0314. The predicted molar refractivity (Wildman–Crippen MR) is 70.9 cm³/mol. The lowest BCUT2D eigenvalue weighted by atomic mass is 9.70. The first-order valence-corrected chi connectivity index (χ1v) is 6.61. The summed E-state index contributed by atoms with van der Waals surface area (Å²) in [6, 6.07) is 0. The van der Waals surface area contributed by atoms with Crippen LogP contribution < -0.4 is 0 Å². The van der Waals surface area contributed by atoms with E-state index >= 15 is 0 Å². The van der Waals surface area contributed by atoms with Gasteiger partial charge in [0.2, 0.25) is 5.91 Å². The number of ketones is 1. The maximum atomic E-state index is 12.3. The largest absolute Gasteiger partial charge is 0.433 e. The smallest absolute Gasteiger partial charge is 0.229 e. The van der Waals surface area contributed by atoms with Gasteiger partial charge in [-0.05, 0) is 12.3 Å². The first kappa shape index (κ1) is 13.5. The lowest BCUT2D eigenvalue weighted by Gasteiger charge is -2.33. The summed E-state index contributed by atoms with van der Waals surface area (Å²) >= 11 is 3.85. The van der Waals surface area contributed by atoms with Gasteiger partial charge in [0.1, 0.15) is 5.76 Å². The lowest BCUT2D eigenvalue weighted by molar-refractivity contribution is -0.138. The van der Waals surface area contributed by atoms with Crippen molar-refractivity contribution < 1.29 is 13.8 Å². The number of allylic oxidation sites excluding steroid dienone is 2. The number of carbonyl (C=O) groups excluding carboxylic acids is 2. The summed E-state index contributed by atoms with van der Waals surface area (Å²) in [5.74, 6) is 0.768. The summed E-state index contributed by atoms with van der Waals surface area (Å²) in [7, 11) is 1.78. The van der Waals surface area contributed by atoms with Crippen molar-refractivity contribution in [3.8, 4) is 0 Å².